The zero-order valence-corrected chi connectivity index (χ0v) is 23.0. The van der Waals surface area contributed by atoms with Crippen molar-refractivity contribution >= 4 is 11.6 Å². The van der Waals surface area contributed by atoms with Gasteiger partial charge in [-0.1, -0.05) is 72.3 Å². The van der Waals surface area contributed by atoms with E-state index in [-0.39, 0.29) is 6.04 Å². The quantitative estimate of drug-likeness (QED) is 0.236. The Morgan fingerprint density at radius 2 is 1.44 bits per heavy atom. The zero-order chi connectivity index (χ0) is 26.8. The Bertz CT molecular complexity index is 1460. The van der Waals surface area contributed by atoms with Gasteiger partial charge < -0.3 is 18.9 Å². The third-order valence-electron chi connectivity index (χ3n) is 7.74. The van der Waals surface area contributed by atoms with Gasteiger partial charge in [0.05, 0.1) is 14.2 Å². The molecule has 1 atom stereocenters. The summed E-state index contributed by atoms with van der Waals surface area (Å²) >= 11 is 6.91. The van der Waals surface area contributed by atoms with Crippen LogP contribution in [0.2, 0.25) is 5.02 Å². The van der Waals surface area contributed by atoms with E-state index in [1.165, 1.54) is 11.1 Å². The number of fused-ring (bicyclic) bond motifs is 4. The van der Waals surface area contributed by atoms with E-state index in [1.807, 2.05) is 42.5 Å². The number of methoxy groups -OCH3 is 2. The van der Waals surface area contributed by atoms with Gasteiger partial charge in [-0.3, -0.25) is 4.90 Å². The predicted molar refractivity (Wildman–Crippen MR) is 153 cm³/mol. The summed E-state index contributed by atoms with van der Waals surface area (Å²) in [4.78, 5) is 2.51. The molecule has 0 saturated heterocycles. The molecular formula is C33H32ClNO4. The second-order valence-corrected chi connectivity index (χ2v) is 10.4. The van der Waals surface area contributed by atoms with E-state index in [4.69, 9.17) is 30.5 Å². The zero-order valence-electron chi connectivity index (χ0n) is 22.3. The van der Waals surface area contributed by atoms with Gasteiger partial charge in [0.1, 0.15) is 13.2 Å². The molecule has 1 unspecified atom stereocenters. The minimum atomic E-state index is 0.199. The Labute approximate surface area is 234 Å². The minimum absolute atomic E-state index is 0.199. The molecule has 0 N–H and O–H groups in total. The number of hydrogen-bond donors (Lipinski definition) is 0. The van der Waals surface area contributed by atoms with E-state index in [9.17, 15) is 0 Å². The second kappa shape index (κ2) is 11.2. The third-order valence-corrected chi connectivity index (χ3v) is 8.08. The monoisotopic (exact) mass is 541 g/mol. The summed E-state index contributed by atoms with van der Waals surface area (Å²) < 4.78 is 24.1. The summed E-state index contributed by atoms with van der Waals surface area (Å²) in [6.45, 7) is 2.64. The van der Waals surface area contributed by atoms with Crippen molar-refractivity contribution in [1.29, 1.82) is 0 Å². The molecule has 6 heteroatoms. The smallest absolute Gasteiger partial charge is 0.165 e. The number of ether oxygens (including phenoxy) is 4. The van der Waals surface area contributed by atoms with E-state index in [0.717, 1.165) is 70.5 Å². The molecule has 0 aromatic heterocycles. The van der Waals surface area contributed by atoms with Gasteiger partial charge in [0.25, 0.3) is 0 Å². The maximum Gasteiger partial charge on any atom is 0.165 e. The fourth-order valence-corrected chi connectivity index (χ4v) is 6.04. The van der Waals surface area contributed by atoms with Crippen molar-refractivity contribution in [1.82, 2.24) is 4.90 Å². The largest absolute Gasteiger partial charge is 0.493 e. The van der Waals surface area contributed by atoms with Crippen molar-refractivity contribution in [2.45, 2.75) is 38.6 Å². The normalized spacial score (nSPS) is 16.0. The van der Waals surface area contributed by atoms with Gasteiger partial charge in [0.2, 0.25) is 0 Å². The van der Waals surface area contributed by atoms with Crippen LogP contribution >= 0.6 is 11.6 Å². The summed E-state index contributed by atoms with van der Waals surface area (Å²) in [5, 5.41) is 0.717. The summed E-state index contributed by atoms with van der Waals surface area (Å²) in [7, 11) is 3.41. The summed E-state index contributed by atoms with van der Waals surface area (Å²) in [6.07, 6.45) is 1.73. The highest BCUT2D eigenvalue weighted by Crippen LogP contribution is 2.48. The molecule has 0 radical (unpaired) electrons. The first-order valence-corrected chi connectivity index (χ1v) is 13.7. The Morgan fingerprint density at radius 1 is 0.769 bits per heavy atom. The van der Waals surface area contributed by atoms with Gasteiger partial charge >= 0.3 is 0 Å². The molecule has 0 amide bonds. The summed E-state index contributed by atoms with van der Waals surface area (Å²) in [5.74, 6) is 2.99. The van der Waals surface area contributed by atoms with Crippen LogP contribution < -0.4 is 18.9 Å². The van der Waals surface area contributed by atoms with Crippen LogP contribution in [-0.2, 0) is 32.6 Å². The number of nitrogens with zero attached hydrogens (tertiary/aromatic N) is 1. The van der Waals surface area contributed by atoms with Crippen LogP contribution in [0.15, 0.2) is 78.9 Å². The van der Waals surface area contributed by atoms with Crippen LogP contribution in [0, 0.1) is 0 Å². The maximum absolute atomic E-state index is 6.91. The topological polar surface area (TPSA) is 40.2 Å². The Kier molecular flexibility index (Phi) is 7.36. The number of rotatable bonds is 8. The van der Waals surface area contributed by atoms with Gasteiger partial charge in [-0.2, -0.15) is 0 Å². The highest BCUT2D eigenvalue weighted by atomic mass is 35.5. The lowest BCUT2D eigenvalue weighted by Crippen LogP contribution is -2.39. The van der Waals surface area contributed by atoms with Crippen LogP contribution in [-0.4, -0.2) is 25.7 Å². The third kappa shape index (κ3) is 5.17. The van der Waals surface area contributed by atoms with E-state index in [0.29, 0.717) is 19.0 Å². The van der Waals surface area contributed by atoms with Crippen LogP contribution in [0.3, 0.4) is 0 Å². The van der Waals surface area contributed by atoms with Gasteiger partial charge in [0.15, 0.2) is 23.0 Å². The lowest BCUT2D eigenvalue weighted by molar-refractivity contribution is 0.156. The van der Waals surface area contributed by atoms with Gasteiger partial charge in [-0.25, -0.2) is 0 Å². The first-order valence-electron chi connectivity index (χ1n) is 13.3. The van der Waals surface area contributed by atoms with E-state index in [1.54, 1.807) is 14.2 Å². The molecule has 0 spiro atoms. The first-order chi connectivity index (χ1) is 19.1. The summed E-state index contributed by atoms with van der Waals surface area (Å²) in [5.41, 5.74) is 7.03. The molecule has 4 aromatic rings. The molecule has 2 heterocycles. The molecule has 200 valence electrons. The standard InChI is InChI=1S/C33H32ClNO4/c1-36-30-15-24-13-14-35-19-27-26(16-29(35)25(24)17-31(30)38-20-22-9-5-3-6-10-22)28(34)18-32(33(27)37-2)39-21-23-11-7-4-8-12-23/h3-12,15,17-18,29H,13-14,16,19-21H2,1-2H3. The highest BCUT2D eigenvalue weighted by Gasteiger charge is 2.36. The molecule has 4 aromatic carbocycles. The Hall–Kier alpha value is -3.67. The Balaban J connectivity index is 1.29. The summed E-state index contributed by atoms with van der Waals surface area (Å²) in [6, 6.07) is 26.7. The van der Waals surface area contributed by atoms with Crippen LogP contribution in [0.1, 0.15) is 39.4 Å². The minimum Gasteiger partial charge on any atom is -0.493 e. The van der Waals surface area contributed by atoms with Crippen LogP contribution in [0.5, 0.6) is 23.0 Å². The molecule has 2 aliphatic heterocycles. The second-order valence-electron chi connectivity index (χ2n) is 10.0. The van der Waals surface area contributed by atoms with E-state index in [2.05, 4.69) is 41.3 Å². The van der Waals surface area contributed by atoms with Gasteiger partial charge in [0, 0.05) is 35.8 Å². The SMILES string of the molecule is COc1cc2c(cc1OCc1ccccc1)C1Cc3c(Cl)cc(OCc4ccccc4)c(OC)c3CN1CC2. The lowest BCUT2D eigenvalue weighted by Gasteiger charge is -2.42. The molecule has 0 bridgehead atoms. The average Bonchev–Trinajstić information content (AvgIpc) is 2.98. The van der Waals surface area contributed by atoms with Crippen LogP contribution in [0.4, 0.5) is 0 Å². The molecule has 2 aliphatic rings. The van der Waals surface area contributed by atoms with Crippen molar-refractivity contribution in [3.8, 4) is 23.0 Å². The predicted octanol–water partition coefficient (Wildman–Crippen LogP) is 7.17. The molecule has 0 fully saturated rings. The van der Waals surface area contributed by atoms with Gasteiger partial charge in [-0.15, -0.1) is 0 Å². The van der Waals surface area contributed by atoms with Crippen molar-refractivity contribution in [3.05, 3.63) is 117 Å². The van der Waals surface area contributed by atoms with Crippen molar-refractivity contribution in [2.24, 2.45) is 0 Å². The Morgan fingerprint density at radius 3 is 2.08 bits per heavy atom. The van der Waals surface area contributed by atoms with Crippen molar-refractivity contribution < 1.29 is 18.9 Å². The van der Waals surface area contributed by atoms with E-state index < -0.39 is 0 Å². The molecule has 0 saturated carbocycles. The van der Waals surface area contributed by atoms with Crippen molar-refractivity contribution in [3.63, 3.8) is 0 Å². The van der Waals surface area contributed by atoms with Crippen LogP contribution in [0.25, 0.3) is 0 Å². The fourth-order valence-electron chi connectivity index (χ4n) is 5.75. The molecule has 0 aliphatic carbocycles. The number of hydrogen-bond acceptors (Lipinski definition) is 5. The average molecular weight is 542 g/mol. The lowest BCUT2D eigenvalue weighted by atomic mass is 9.83. The first kappa shape index (κ1) is 25.6. The van der Waals surface area contributed by atoms with Crippen molar-refractivity contribution in [2.75, 3.05) is 20.8 Å². The van der Waals surface area contributed by atoms with Gasteiger partial charge in [-0.05, 0) is 52.8 Å². The fraction of sp³-hybridized carbons (Fsp3) is 0.273. The molecule has 5 nitrogen and oxygen atoms in total. The number of benzene rings is 4. The molecular weight excluding hydrogens is 510 g/mol. The highest BCUT2D eigenvalue weighted by molar-refractivity contribution is 6.31. The molecule has 39 heavy (non-hydrogen) atoms. The molecule has 6 rings (SSSR count). The number of halogens is 1. The maximum atomic E-state index is 6.91. The van der Waals surface area contributed by atoms with E-state index >= 15 is 0 Å².